The fourth-order valence-corrected chi connectivity index (χ4v) is 5.05. The Morgan fingerprint density at radius 2 is 1.45 bits per heavy atom. The van der Waals surface area contributed by atoms with E-state index in [1.54, 1.807) is 0 Å². The molecule has 0 spiro atoms. The molecule has 10 heteroatoms. The van der Waals surface area contributed by atoms with Crippen LogP contribution in [0.25, 0.3) is 0 Å². The van der Waals surface area contributed by atoms with Crippen LogP contribution < -0.4 is 0 Å². The maximum absolute atomic E-state index is 11.7. The van der Waals surface area contributed by atoms with Crippen LogP contribution in [-0.4, -0.2) is 61.5 Å². The SMILES string of the molecule is CO[C@H]1O[C@H](CSSc2ccccc2)[C@@H](OC(C)=O)[C@H](OC(C)=O)[C@H]1OC(C)=O. The molecule has 5 atom stereocenters. The van der Waals surface area contributed by atoms with Gasteiger partial charge in [-0.3, -0.25) is 14.4 Å². The molecule has 1 fully saturated rings. The summed E-state index contributed by atoms with van der Waals surface area (Å²) < 4.78 is 27.3. The van der Waals surface area contributed by atoms with Crippen LogP contribution >= 0.6 is 21.6 Å². The van der Waals surface area contributed by atoms with Crippen molar-refractivity contribution in [3.63, 3.8) is 0 Å². The highest BCUT2D eigenvalue weighted by atomic mass is 33.1. The first-order valence-corrected chi connectivity index (χ1v) is 11.2. The molecule has 0 radical (unpaired) electrons. The molecular formula is C19H24O8S2. The Hall–Kier alpha value is -1.75. The third kappa shape index (κ3) is 7.22. The zero-order chi connectivity index (χ0) is 21.4. The smallest absolute Gasteiger partial charge is 0.303 e. The number of ether oxygens (including phenoxy) is 5. The lowest BCUT2D eigenvalue weighted by Gasteiger charge is -2.43. The maximum atomic E-state index is 11.7. The van der Waals surface area contributed by atoms with E-state index in [2.05, 4.69) is 0 Å². The highest BCUT2D eigenvalue weighted by molar-refractivity contribution is 8.76. The van der Waals surface area contributed by atoms with Crippen molar-refractivity contribution in [1.82, 2.24) is 0 Å². The third-order valence-electron chi connectivity index (χ3n) is 3.86. The summed E-state index contributed by atoms with van der Waals surface area (Å²) in [6.45, 7) is 3.69. The number of benzene rings is 1. The molecule has 8 nitrogen and oxygen atoms in total. The monoisotopic (exact) mass is 444 g/mol. The Labute approximate surface area is 177 Å². The summed E-state index contributed by atoms with van der Waals surface area (Å²) in [6.07, 6.45) is -4.74. The summed E-state index contributed by atoms with van der Waals surface area (Å²) in [5.74, 6) is -1.38. The average Bonchev–Trinajstić information content (AvgIpc) is 2.65. The van der Waals surface area contributed by atoms with E-state index in [-0.39, 0.29) is 0 Å². The predicted molar refractivity (Wildman–Crippen MR) is 107 cm³/mol. The molecular weight excluding hydrogens is 420 g/mol. The van der Waals surface area contributed by atoms with Crippen molar-refractivity contribution < 1.29 is 38.1 Å². The van der Waals surface area contributed by atoms with Crippen molar-refractivity contribution in [2.75, 3.05) is 12.9 Å². The molecule has 0 aromatic heterocycles. The molecule has 1 saturated heterocycles. The fraction of sp³-hybridized carbons (Fsp3) is 0.526. The molecule has 1 heterocycles. The molecule has 1 aliphatic rings. The van der Waals surface area contributed by atoms with Crippen LogP contribution in [0, 0.1) is 0 Å². The van der Waals surface area contributed by atoms with Crippen LogP contribution in [0.1, 0.15) is 20.8 Å². The van der Waals surface area contributed by atoms with Gasteiger partial charge in [-0.25, -0.2) is 0 Å². The Morgan fingerprint density at radius 1 is 0.897 bits per heavy atom. The number of hydrogen-bond acceptors (Lipinski definition) is 10. The van der Waals surface area contributed by atoms with Crippen LogP contribution in [0.3, 0.4) is 0 Å². The van der Waals surface area contributed by atoms with Crippen molar-refractivity contribution in [2.45, 2.75) is 56.4 Å². The van der Waals surface area contributed by atoms with Gasteiger partial charge in [0, 0.05) is 38.5 Å². The van der Waals surface area contributed by atoms with Gasteiger partial charge in [-0.1, -0.05) is 39.8 Å². The number of rotatable bonds is 8. The van der Waals surface area contributed by atoms with E-state index in [4.69, 9.17) is 23.7 Å². The zero-order valence-electron chi connectivity index (χ0n) is 16.6. The van der Waals surface area contributed by atoms with Gasteiger partial charge in [0.25, 0.3) is 0 Å². The van der Waals surface area contributed by atoms with Gasteiger partial charge in [-0.05, 0) is 12.1 Å². The van der Waals surface area contributed by atoms with Crippen molar-refractivity contribution in [3.8, 4) is 0 Å². The van der Waals surface area contributed by atoms with E-state index in [0.29, 0.717) is 5.75 Å². The zero-order valence-corrected chi connectivity index (χ0v) is 18.2. The first-order chi connectivity index (χ1) is 13.8. The first kappa shape index (κ1) is 23.5. The molecule has 160 valence electrons. The Morgan fingerprint density at radius 3 is 2.00 bits per heavy atom. The number of carbonyl (C=O) groups excluding carboxylic acids is 3. The van der Waals surface area contributed by atoms with Gasteiger partial charge in [0.15, 0.2) is 24.6 Å². The quantitative estimate of drug-likeness (QED) is 0.338. The number of carbonyl (C=O) groups is 3. The second-order valence-corrected chi connectivity index (χ2v) is 8.60. The summed E-state index contributed by atoms with van der Waals surface area (Å²) in [5.41, 5.74) is 0. The van der Waals surface area contributed by atoms with Crippen molar-refractivity contribution in [3.05, 3.63) is 30.3 Å². The van der Waals surface area contributed by atoms with Gasteiger partial charge in [0.2, 0.25) is 0 Å². The Balaban J connectivity index is 2.21. The van der Waals surface area contributed by atoms with Crippen LogP contribution in [0.2, 0.25) is 0 Å². The summed E-state index contributed by atoms with van der Waals surface area (Å²) in [5, 5.41) is 0. The highest BCUT2D eigenvalue weighted by Gasteiger charge is 2.52. The van der Waals surface area contributed by atoms with E-state index >= 15 is 0 Å². The van der Waals surface area contributed by atoms with E-state index in [0.717, 1.165) is 4.90 Å². The number of hydrogen-bond donors (Lipinski definition) is 0. The highest BCUT2D eigenvalue weighted by Crippen LogP contribution is 2.36. The van der Waals surface area contributed by atoms with Gasteiger partial charge in [-0.15, -0.1) is 0 Å². The van der Waals surface area contributed by atoms with Crippen LogP contribution in [0.5, 0.6) is 0 Å². The standard InChI is InChI=1S/C19H24O8S2/c1-11(20)24-16-15(10-28-29-14-8-6-5-7-9-14)27-19(23-4)18(26-13(3)22)17(16)25-12(2)21/h5-9,15-19H,10H2,1-4H3/t15-,16-,17+,18-,19+/m1/s1. The number of methoxy groups -OCH3 is 1. The summed E-state index contributed by atoms with van der Waals surface area (Å²) in [4.78, 5) is 36.0. The molecule has 0 N–H and O–H groups in total. The first-order valence-electron chi connectivity index (χ1n) is 8.86. The lowest BCUT2D eigenvalue weighted by atomic mass is 9.98. The average molecular weight is 445 g/mol. The van der Waals surface area contributed by atoms with Crippen molar-refractivity contribution in [1.29, 1.82) is 0 Å². The van der Waals surface area contributed by atoms with Gasteiger partial charge in [0.05, 0.1) is 0 Å². The molecule has 29 heavy (non-hydrogen) atoms. The normalized spacial score (nSPS) is 26.4. The minimum atomic E-state index is -1.08. The Kier molecular flexibility index (Phi) is 9.28. The molecule has 0 saturated carbocycles. The molecule has 1 aromatic carbocycles. The topological polar surface area (TPSA) is 97.4 Å². The van der Waals surface area contributed by atoms with Crippen molar-refractivity contribution in [2.24, 2.45) is 0 Å². The summed E-state index contributed by atoms with van der Waals surface area (Å²) >= 11 is 0. The second-order valence-electron chi connectivity index (χ2n) is 6.18. The van der Waals surface area contributed by atoms with Gasteiger partial charge >= 0.3 is 17.9 Å². The largest absolute Gasteiger partial charge is 0.456 e. The third-order valence-corrected chi connectivity index (χ3v) is 6.25. The fourth-order valence-electron chi connectivity index (χ4n) is 2.82. The van der Waals surface area contributed by atoms with Gasteiger partial charge < -0.3 is 23.7 Å². The molecule has 1 aromatic rings. The molecule has 0 bridgehead atoms. The molecule has 0 amide bonds. The minimum Gasteiger partial charge on any atom is -0.456 e. The van der Waals surface area contributed by atoms with Crippen LogP contribution in [0.15, 0.2) is 35.2 Å². The lowest BCUT2D eigenvalue weighted by Crippen LogP contribution is -2.62. The van der Waals surface area contributed by atoms with Gasteiger partial charge in [-0.2, -0.15) is 0 Å². The number of esters is 3. The van der Waals surface area contributed by atoms with Crippen LogP contribution in [-0.2, 0) is 38.1 Å². The van der Waals surface area contributed by atoms with Gasteiger partial charge in [0.1, 0.15) is 6.10 Å². The summed E-state index contributed by atoms with van der Waals surface area (Å²) in [7, 11) is 4.41. The van der Waals surface area contributed by atoms with E-state index in [9.17, 15) is 14.4 Å². The predicted octanol–water partition coefficient (Wildman–Crippen LogP) is 2.59. The van der Waals surface area contributed by atoms with Crippen LogP contribution in [0.4, 0.5) is 0 Å². The lowest BCUT2D eigenvalue weighted by molar-refractivity contribution is -0.293. The van der Waals surface area contributed by atoms with Crippen molar-refractivity contribution >= 4 is 39.5 Å². The summed E-state index contributed by atoms with van der Waals surface area (Å²) in [6, 6.07) is 9.74. The minimum absolute atomic E-state index is 0.405. The Bertz CT molecular complexity index is 699. The molecule has 2 rings (SSSR count). The van der Waals surface area contributed by atoms with E-state index in [1.165, 1.54) is 49.5 Å². The molecule has 0 aliphatic carbocycles. The van der Waals surface area contributed by atoms with E-state index < -0.39 is 48.6 Å². The molecule has 1 aliphatic heterocycles. The second kappa shape index (κ2) is 11.4. The van der Waals surface area contributed by atoms with E-state index in [1.807, 2.05) is 30.3 Å². The molecule has 0 unspecified atom stereocenters. The maximum Gasteiger partial charge on any atom is 0.303 e.